The summed E-state index contributed by atoms with van der Waals surface area (Å²) >= 11 is 0. The fourth-order valence-electron chi connectivity index (χ4n) is 2.04. The average molecular weight is 286 g/mol. The first kappa shape index (κ1) is 14.1. The number of benzene rings is 1. The van der Waals surface area contributed by atoms with E-state index in [0.29, 0.717) is 30.2 Å². The van der Waals surface area contributed by atoms with E-state index in [1.807, 2.05) is 0 Å². The van der Waals surface area contributed by atoms with E-state index in [0.717, 1.165) is 0 Å². The fraction of sp³-hybridized carbons (Fsp3) is 0.500. The van der Waals surface area contributed by atoms with Crippen molar-refractivity contribution in [3.8, 4) is 11.5 Å². The van der Waals surface area contributed by atoms with Gasteiger partial charge in [0.25, 0.3) is 0 Å². The summed E-state index contributed by atoms with van der Waals surface area (Å²) in [6, 6.07) is 3.08. The van der Waals surface area contributed by atoms with Gasteiger partial charge in [-0.25, -0.2) is 8.42 Å². The highest BCUT2D eigenvalue weighted by Crippen LogP contribution is 2.34. The Balaban J connectivity index is 2.45. The largest absolute Gasteiger partial charge is 0.493 e. The standard InChI is InChI=1S/C12H18N2O4S/c1-8-4-10(17-2)11(18-3)5-12(8)19(15,16)14-6-9(13)7-14/h4-5,9H,6-7,13H2,1-3H3. The van der Waals surface area contributed by atoms with Gasteiger partial charge in [-0.3, -0.25) is 0 Å². The molecule has 0 atom stereocenters. The van der Waals surface area contributed by atoms with E-state index >= 15 is 0 Å². The number of rotatable bonds is 4. The van der Waals surface area contributed by atoms with Gasteiger partial charge >= 0.3 is 0 Å². The first-order chi connectivity index (χ1) is 8.90. The summed E-state index contributed by atoms with van der Waals surface area (Å²) in [6.07, 6.45) is 0. The molecular formula is C12H18N2O4S. The van der Waals surface area contributed by atoms with Crippen LogP contribution in [-0.4, -0.2) is 46.1 Å². The van der Waals surface area contributed by atoms with Crippen LogP contribution in [0.3, 0.4) is 0 Å². The van der Waals surface area contributed by atoms with Crippen LogP contribution in [0.4, 0.5) is 0 Å². The molecule has 0 spiro atoms. The van der Waals surface area contributed by atoms with E-state index in [-0.39, 0.29) is 10.9 Å². The predicted molar refractivity (Wildman–Crippen MR) is 71.0 cm³/mol. The van der Waals surface area contributed by atoms with Gasteiger partial charge in [0.15, 0.2) is 11.5 Å². The summed E-state index contributed by atoms with van der Waals surface area (Å²) < 4.78 is 36.5. The zero-order valence-electron chi connectivity index (χ0n) is 11.2. The molecule has 0 radical (unpaired) electrons. The molecular weight excluding hydrogens is 268 g/mol. The molecule has 0 unspecified atom stereocenters. The number of hydrogen-bond acceptors (Lipinski definition) is 5. The van der Waals surface area contributed by atoms with Gasteiger partial charge in [-0.1, -0.05) is 0 Å². The Morgan fingerprint density at radius 1 is 1.21 bits per heavy atom. The van der Waals surface area contributed by atoms with Crippen molar-refractivity contribution in [3.05, 3.63) is 17.7 Å². The lowest BCUT2D eigenvalue weighted by Crippen LogP contribution is -2.57. The molecule has 0 aromatic heterocycles. The minimum Gasteiger partial charge on any atom is -0.493 e. The quantitative estimate of drug-likeness (QED) is 0.863. The number of ether oxygens (including phenoxy) is 2. The SMILES string of the molecule is COc1cc(C)c(S(=O)(=O)N2CC(N)C2)cc1OC. The van der Waals surface area contributed by atoms with Crippen molar-refractivity contribution in [2.24, 2.45) is 5.73 Å². The Labute approximate surface area is 113 Å². The summed E-state index contributed by atoms with van der Waals surface area (Å²) in [4.78, 5) is 0.233. The number of sulfonamides is 1. The van der Waals surface area contributed by atoms with Crippen LogP contribution in [0.25, 0.3) is 0 Å². The second-order valence-corrected chi connectivity index (χ2v) is 6.46. The van der Waals surface area contributed by atoms with Gasteiger partial charge in [0.05, 0.1) is 19.1 Å². The molecule has 1 aliphatic rings. The van der Waals surface area contributed by atoms with Gasteiger partial charge in [0.2, 0.25) is 10.0 Å². The van der Waals surface area contributed by atoms with Crippen molar-refractivity contribution in [3.63, 3.8) is 0 Å². The third-order valence-electron chi connectivity index (χ3n) is 3.18. The molecule has 106 valence electrons. The molecule has 19 heavy (non-hydrogen) atoms. The maximum Gasteiger partial charge on any atom is 0.243 e. The Bertz CT molecular complexity index is 580. The van der Waals surface area contributed by atoms with Crippen molar-refractivity contribution in [2.75, 3.05) is 27.3 Å². The van der Waals surface area contributed by atoms with Crippen molar-refractivity contribution < 1.29 is 17.9 Å². The Kier molecular flexibility index (Phi) is 3.71. The van der Waals surface area contributed by atoms with Crippen LogP contribution >= 0.6 is 0 Å². The van der Waals surface area contributed by atoms with E-state index in [4.69, 9.17) is 15.2 Å². The first-order valence-corrected chi connectivity index (χ1v) is 7.32. The maximum absolute atomic E-state index is 12.4. The maximum atomic E-state index is 12.4. The molecule has 6 nitrogen and oxygen atoms in total. The molecule has 0 saturated carbocycles. The third-order valence-corrected chi connectivity index (χ3v) is 5.15. The lowest BCUT2D eigenvalue weighted by molar-refractivity contribution is 0.265. The molecule has 0 bridgehead atoms. The van der Waals surface area contributed by atoms with E-state index in [2.05, 4.69) is 0 Å². The van der Waals surface area contributed by atoms with Gasteiger partial charge in [0, 0.05) is 25.2 Å². The molecule has 0 aliphatic carbocycles. The van der Waals surface area contributed by atoms with Gasteiger partial charge in [0.1, 0.15) is 0 Å². The number of nitrogens with zero attached hydrogens (tertiary/aromatic N) is 1. The van der Waals surface area contributed by atoms with Crippen LogP contribution in [0.15, 0.2) is 17.0 Å². The van der Waals surface area contributed by atoms with E-state index < -0.39 is 10.0 Å². The fourth-order valence-corrected chi connectivity index (χ4v) is 3.82. The number of methoxy groups -OCH3 is 2. The van der Waals surface area contributed by atoms with Gasteiger partial charge < -0.3 is 15.2 Å². The van der Waals surface area contributed by atoms with Crippen LogP contribution < -0.4 is 15.2 Å². The highest BCUT2D eigenvalue weighted by molar-refractivity contribution is 7.89. The van der Waals surface area contributed by atoms with Gasteiger partial charge in [-0.2, -0.15) is 4.31 Å². The Hall–Kier alpha value is -1.31. The van der Waals surface area contributed by atoms with Gasteiger partial charge in [-0.15, -0.1) is 0 Å². The predicted octanol–water partition coefficient (Wildman–Crippen LogP) is 0.344. The number of nitrogens with two attached hydrogens (primary N) is 1. The molecule has 1 aromatic rings. The normalized spacial score (nSPS) is 17.1. The van der Waals surface area contributed by atoms with E-state index in [1.54, 1.807) is 13.0 Å². The van der Waals surface area contributed by atoms with Crippen LogP contribution in [-0.2, 0) is 10.0 Å². The smallest absolute Gasteiger partial charge is 0.243 e. The average Bonchev–Trinajstić information content (AvgIpc) is 2.34. The van der Waals surface area contributed by atoms with Crippen LogP contribution in [0.1, 0.15) is 5.56 Å². The summed E-state index contributed by atoms with van der Waals surface area (Å²) in [6.45, 7) is 2.45. The molecule has 1 saturated heterocycles. The molecule has 0 amide bonds. The van der Waals surface area contributed by atoms with Crippen molar-refractivity contribution >= 4 is 10.0 Å². The van der Waals surface area contributed by atoms with Crippen LogP contribution in [0, 0.1) is 6.92 Å². The van der Waals surface area contributed by atoms with Crippen molar-refractivity contribution in [2.45, 2.75) is 17.9 Å². The minimum atomic E-state index is -3.51. The lowest BCUT2D eigenvalue weighted by Gasteiger charge is -2.35. The highest BCUT2D eigenvalue weighted by Gasteiger charge is 2.36. The molecule has 1 fully saturated rings. The molecule has 2 N–H and O–H groups in total. The van der Waals surface area contributed by atoms with Crippen molar-refractivity contribution in [1.82, 2.24) is 4.31 Å². The summed E-state index contributed by atoms with van der Waals surface area (Å²) in [7, 11) is -0.516. The third kappa shape index (κ3) is 2.41. The molecule has 1 heterocycles. The van der Waals surface area contributed by atoms with Crippen LogP contribution in [0.2, 0.25) is 0 Å². The summed E-state index contributed by atoms with van der Waals surface area (Å²) in [5, 5.41) is 0. The van der Waals surface area contributed by atoms with Crippen LogP contribution in [0.5, 0.6) is 11.5 Å². The molecule has 1 aromatic carbocycles. The summed E-state index contributed by atoms with van der Waals surface area (Å²) in [5.74, 6) is 0.913. The highest BCUT2D eigenvalue weighted by atomic mass is 32.2. The molecule has 1 aliphatic heterocycles. The summed E-state index contributed by atoms with van der Waals surface area (Å²) in [5.41, 5.74) is 6.26. The molecule has 2 rings (SSSR count). The Morgan fingerprint density at radius 3 is 2.21 bits per heavy atom. The topological polar surface area (TPSA) is 81.9 Å². The Morgan fingerprint density at radius 2 is 1.74 bits per heavy atom. The zero-order chi connectivity index (χ0) is 14.2. The minimum absolute atomic E-state index is 0.0739. The first-order valence-electron chi connectivity index (χ1n) is 5.88. The molecule has 7 heteroatoms. The van der Waals surface area contributed by atoms with E-state index in [1.165, 1.54) is 24.6 Å². The van der Waals surface area contributed by atoms with Crippen molar-refractivity contribution in [1.29, 1.82) is 0 Å². The second kappa shape index (κ2) is 4.99. The van der Waals surface area contributed by atoms with Gasteiger partial charge in [-0.05, 0) is 18.6 Å². The second-order valence-electron chi connectivity index (χ2n) is 4.55. The lowest BCUT2D eigenvalue weighted by atomic mass is 10.2. The van der Waals surface area contributed by atoms with E-state index in [9.17, 15) is 8.42 Å². The number of hydrogen-bond donors (Lipinski definition) is 1. The number of aryl methyl sites for hydroxylation is 1. The zero-order valence-corrected chi connectivity index (χ0v) is 12.0. The monoisotopic (exact) mass is 286 g/mol.